The third kappa shape index (κ3) is 1.59. The van der Waals surface area contributed by atoms with E-state index < -0.39 is 4.92 Å². The summed E-state index contributed by atoms with van der Waals surface area (Å²) in [5.41, 5.74) is 0.0684. The number of hydrogen-bond donors (Lipinski definition) is 0. The highest BCUT2D eigenvalue weighted by molar-refractivity contribution is 5.21. The topological polar surface area (TPSA) is 70.2 Å². The molecule has 0 saturated carbocycles. The van der Waals surface area contributed by atoms with E-state index in [9.17, 15) is 10.1 Å². The predicted octanol–water partition coefficient (Wildman–Crippen LogP) is 1.67. The van der Waals surface area contributed by atoms with Gasteiger partial charge in [-0.3, -0.25) is 14.8 Å². The molecule has 2 aliphatic rings. The zero-order valence-electron chi connectivity index (χ0n) is 8.78. The largest absolute Gasteiger partial charge is 0.375 e. The first-order valence-corrected chi connectivity index (χ1v) is 5.56. The van der Waals surface area contributed by atoms with Gasteiger partial charge in [0.2, 0.25) is 0 Å². The van der Waals surface area contributed by atoms with Gasteiger partial charge in [0, 0.05) is 0 Å². The van der Waals surface area contributed by atoms with Crippen LogP contribution in [0.2, 0.25) is 0 Å². The molecule has 0 amide bonds. The molecule has 3 heterocycles. The first-order valence-electron chi connectivity index (χ1n) is 5.56. The lowest BCUT2D eigenvalue weighted by atomic mass is 10.0. The third-order valence-corrected chi connectivity index (χ3v) is 3.44. The summed E-state index contributed by atoms with van der Waals surface area (Å²) in [7, 11) is 0. The summed E-state index contributed by atoms with van der Waals surface area (Å²) < 4.78 is 7.46. The summed E-state index contributed by atoms with van der Waals surface area (Å²) in [5, 5.41) is 14.6. The summed E-state index contributed by atoms with van der Waals surface area (Å²) in [5.74, 6) is 0. The summed E-state index contributed by atoms with van der Waals surface area (Å²) in [6, 6.07) is 0.264. The van der Waals surface area contributed by atoms with Gasteiger partial charge in [0.05, 0.1) is 23.2 Å². The van der Waals surface area contributed by atoms with Gasteiger partial charge in [-0.15, -0.1) is 0 Å². The van der Waals surface area contributed by atoms with Gasteiger partial charge in [0.25, 0.3) is 0 Å². The van der Waals surface area contributed by atoms with Gasteiger partial charge in [0.1, 0.15) is 12.4 Å². The van der Waals surface area contributed by atoms with Gasteiger partial charge in [-0.1, -0.05) is 0 Å². The SMILES string of the molecule is O=[N+]([O-])c1cnn(C2CC3CCC(C2)O3)c1. The summed E-state index contributed by atoms with van der Waals surface area (Å²) in [6.07, 6.45) is 7.57. The Hall–Kier alpha value is -1.43. The lowest BCUT2D eigenvalue weighted by molar-refractivity contribution is -0.385. The molecule has 3 rings (SSSR count). The standard InChI is InChI=1S/C10H13N3O3/c14-13(15)8-5-11-12(6-8)7-3-9-1-2-10(4-7)16-9/h5-7,9-10H,1-4H2. The Bertz CT molecular complexity index is 405. The van der Waals surface area contributed by atoms with E-state index in [0.717, 1.165) is 25.7 Å². The summed E-state index contributed by atoms with van der Waals surface area (Å²) >= 11 is 0. The smallest absolute Gasteiger partial charge is 0.307 e. The lowest BCUT2D eigenvalue weighted by Gasteiger charge is -2.28. The predicted molar refractivity (Wildman–Crippen MR) is 55.0 cm³/mol. The Morgan fingerprint density at radius 3 is 2.69 bits per heavy atom. The van der Waals surface area contributed by atoms with Crippen LogP contribution in [0.25, 0.3) is 0 Å². The van der Waals surface area contributed by atoms with Crippen LogP contribution in [-0.2, 0) is 4.74 Å². The maximum Gasteiger partial charge on any atom is 0.307 e. The van der Waals surface area contributed by atoms with Gasteiger partial charge >= 0.3 is 5.69 Å². The minimum Gasteiger partial charge on any atom is -0.375 e. The van der Waals surface area contributed by atoms with Gasteiger partial charge in [-0.05, 0) is 25.7 Å². The average molecular weight is 223 g/mol. The van der Waals surface area contributed by atoms with Crippen molar-refractivity contribution in [2.24, 2.45) is 0 Å². The lowest BCUT2D eigenvalue weighted by Crippen LogP contribution is -2.27. The Balaban J connectivity index is 1.79. The highest BCUT2D eigenvalue weighted by Crippen LogP contribution is 2.38. The van der Waals surface area contributed by atoms with Crippen LogP contribution >= 0.6 is 0 Å². The van der Waals surface area contributed by atoms with E-state index in [4.69, 9.17) is 4.74 Å². The molecule has 2 aliphatic heterocycles. The number of ether oxygens (including phenoxy) is 1. The van der Waals surface area contributed by atoms with Crippen molar-refractivity contribution >= 4 is 5.69 Å². The zero-order chi connectivity index (χ0) is 11.1. The van der Waals surface area contributed by atoms with Crippen LogP contribution in [0.15, 0.2) is 12.4 Å². The fourth-order valence-corrected chi connectivity index (χ4v) is 2.67. The van der Waals surface area contributed by atoms with Gasteiger partial charge in [0.15, 0.2) is 0 Å². The first-order chi connectivity index (χ1) is 7.72. The molecule has 2 bridgehead atoms. The van der Waals surface area contributed by atoms with E-state index in [1.807, 2.05) is 0 Å². The monoisotopic (exact) mass is 223 g/mol. The normalized spacial score (nSPS) is 32.9. The number of fused-ring (bicyclic) bond motifs is 2. The van der Waals surface area contributed by atoms with Crippen LogP contribution < -0.4 is 0 Å². The Morgan fingerprint density at radius 2 is 2.12 bits per heavy atom. The molecule has 2 unspecified atom stereocenters. The second kappa shape index (κ2) is 3.55. The molecule has 86 valence electrons. The Morgan fingerprint density at radius 1 is 1.44 bits per heavy atom. The fraction of sp³-hybridized carbons (Fsp3) is 0.700. The van der Waals surface area contributed by atoms with Crippen molar-refractivity contribution in [3.05, 3.63) is 22.5 Å². The van der Waals surface area contributed by atoms with E-state index in [0.29, 0.717) is 12.2 Å². The van der Waals surface area contributed by atoms with E-state index in [2.05, 4.69) is 5.10 Å². The fourth-order valence-electron chi connectivity index (χ4n) is 2.67. The number of hydrogen-bond acceptors (Lipinski definition) is 4. The molecular weight excluding hydrogens is 210 g/mol. The van der Waals surface area contributed by atoms with Crippen LogP contribution in [0.4, 0.5) is 5.69 Å². The van der Waals surface area contributed by atoms with Crippen LogP contribution in [0, 0.1) is 10.1 Å². The highest BCUT2D eigenvalue weighted by Gasteiger charge is 2.36. The average Bonchev–Trinajstić information content (AvgIpc) is 2.85. The first kappa shape index (κ1) is 9.77. The van der Waals surface area contributed by atoms with Crippen molar-refractivity contribution in [3.8, 4) is 0 Å². The summed E-state index contributed by atoms with van der Waals surface area (Å²) in [6.45, 7) is 0. The van der Waals surface area contributed by atoms with Crippen molar-refractivity contribution in [2.75, 3.05) is 0 Å². The highest BCUT2D eigenvalue weighted by atomic mass is 16.6. The molecule has 0 aliphatic carbocycles. The molecule has 0 N–H and O–H groups in total. The second-order valence-electron chi connectivity index (χ2n) is 4.52. The van der Waals surface area contributed by atoms with Crippen LogP contribution in [0.1, 0.15) is 31.7 Å². The molecule has 0 aromatic carbocycles. The molecule has 2 saturated heterocycles. The van der Waals surface area contributed by atoms with Gasteiger partial charge < -0.3 is 4.74 Å². The molecule has 2 atom stereocenters. The molecule has 6 nitrogen and oxygen atoms in total. The van der Waals surface area contributed by atoms with E-state index in [1.165, 1.54) is 12.4 Å². The van der Waals surface area contributed by atoms with Crippen LogP contribution in [-0.4, -0.2) is 26.9 Å². The molecule has 1 aromatic rings. The third-order valence-electron chi connectivity index (χ3n) is 3.44. The molecule has 0 radical (unpaired) electrons. The minimum atomic E-state index is -0.405. The molecular formula is C10H13N3O3. The van der Waals surface area contributed by atoms with Gasteiger partial charge in [-0.25, -0.2) is 0 Å². The van der Waals surface area contributed by atoms with Crippen molar-refractivity contribution in [2.45, 2.75) is 43.9 Å². The summed E-state index contributed by atoms with van der Waals surface area (Å²) in [4.78, 5) is 10.2. The number of nitrogens with zero attached hydrogens (tertiary/aromatic N) is 3. The van der Waals surface area contributed by atoms with Crippen molar-refractivity contribution in [1.29, 1.82) is 0 Å². The van der Waals surface area contributed by atoms with Crippen LogP contribution in [0.5, 0.6) is 0 Å². The quantitative estimate of drug-likeness (QED) is 0.565. The van der Waals surface area contributed by atoms with Crippen LogP contribution in [0.3, 0.4) is 0 Å². The molecule has 16 heavy (non-hydrogen) atoms. The maximum atomic E-state index is 10.6. The number of nitro groups is 1. The Labute approximate surface area is 92.3 Å². The van der Waals surface area contributed by atoms with Gasteiger partial charge in [-0.2, -0.15) is 5.10 Å². The van der Waals surface area contributed by atoms with Crippen molar-refractivity contribution < 1.29 is 9.66 Å². The number of aromatic nitrogens is 2. The van der Waals surface area contributed by atoms with Crippen molar-refractivity contribution in [1.82, 2.24) is 9.78 Å². The van der Waals surface area contributed by atoms with E-state index in [-0.39, 0.29) is 11.7 Å². The second-order valence-corrected chi connectivity index (χ2v) is 4.52. The molecule has 6 heteroatoms. The molecule has 0 spiro atoms. The van der Waals surface area contributed by atoms with E-state index >= 15 is 0 Å². The maximum absolute atomic E-state index is 10.6. The van der Waals surface area contributed by atoms with Crippen molar-refractivity contribution in [3.63, 3.8) is 0 Å². The Kier molecular flexibility index (Phi) is 2.17. The molecule has 2 fully saturated rings. The molecule has 1 aromatic heterocycles. The zero-order valence-corrected chi connectivity index (χ0v) is 8.78. The minimum absolute atomic E-state index is 0.0684. The number of rotatable bonds is 2. The van der Waals surface area contributed by atoms with E-state index in [1.54, 1.807) is 4.68 Å².